The van der Waals surface area contributed by atoms with Crippen molar-refractivity contribution in [3.63, 3.8) is 0 Å². The van der Waals surface area contributed by atoms with Gasteiger partial charge in [-0.25, -0.2) is 0 Å². The molecule has 0 radical (unpaired) electrons. The van der Waals surface area contributed by atoms with Crippen LogP contribution in [0.15, 0.2) is 60.8 Å². The molecule has 0 spiro atoms. The van der Waals surface area contributed by atoms with Crippen LogP contribution in [0.4, 0.5) is 0 Å². The van der Waals surface area contributed by atoms with Crippen molar-refractivity contribution in [2.75, 3.05) is 13.2 Å². The molecule has 0 bridgehead atoms. The highest BCUT2D eigenvalue weighted by molar-refractivity contribution is 5.71. The standard InChI is InChI=1S/C19H21N3O/c23-11-3-9-20-14-15-4-1-5-16(12-15)17-6-2-7-18(13-17)19-8-10-21-22-19/h1-2,4-8,10,12-13,20,23H,3,9,11,14H2,(H,21,22). The lowest BCUT2D eigenvalue weighted by molar-refractivity contribution is 0.286. The van der Waals surface area contributed by atoms with Crippen molar-refractivity contribution in [1.29, 1.82) is 0 Å². The van der Waals surface area contributed by atoms with Gasteiger partial charge in [-0.1, -0.05) is 36.4 Å². The molecule has 0 amide bonds. The van der Waals surface area contributed by atoms with Gasteiger partial charge in [0.2, 0.25) is 0 Å². The number of hydrogen-bond acceptors (Lipinski definition) is 3. The Morgan fingerprint density at radius 1 is 0.957 bits per heavy atom. The number of hydrogen-bond donors (Lipinski definition) is 3. The first-order chi connectivity index (χ1) is 11.4. The van der Waals surface area contributed by atoms with Gasteiger partial charge in [0.1, 0.15) is 0 Å². The maximum absolute atomic E-state index is 8.81. The molecule has 3 aromatic rings. The summed E-state index contributed by atoms with van der Waals surface area (Å²) in [5.41, 5.74) is 5.79. The Bertz CT molecular complexity index is 738. The van der Waals surface area contributed by atoms with Crippen LogP contribution in [-0.2, 0) is 6.54 Å². The average molecular weight is 307 g/mol. The van der Waals surface area contributed by atoms with E-state index in [0.29, 0.717) is 0 Å². The maximum Gasteiger partial charge on any atom is 0.0650 e. The molecule has 0 saturated heterocycles. The first kappa shape index (κ1) is 15.5. The van der Waals surface area contributed by atoms with Crippen molar-refractivity contribution >= 4 is 0 Å². The molecule has 0 fully saturated rings. The van der Waals surface area contributed by atoms with Crippen LogP contribution in [0, 0.1) is 0 Å². The summed E-state index contributed by atoms with van der Waals surface area (Å²) in [7, 11) is 0. The van der Waals surface area contributed by atoms with Crippen LogP contribution in [0.25, 0.3) is 22.4 Å². The van der Waals surface area contributed by atoms with Gasteiger partial charge >= 0.3 is 0 Å². The molecule has 3 N–H and O–H groups in total. The number of aromatic amines is 1. The zero-order valence-electron chi connectivity index (χ0n) is 13.0. The summed E-state index contributed by atoms with van der Waals surface area (Å²) in [6, 6.07) is 19.0. The predicted molar refractivity (Wildman–Crippen MR) is 92.9 cm³/mol. The topological polar surface area (TPSA) is 60.9 Å². The van der Waals surface area contributed by atoms with Crippen LogP contribution >= 0.6 is 0 Å². The Morgan fingerprint density at radius 3 is 2.52 bits per heavy atom. The van der Waals surface area contributed by atoms with Crippen molar-refractivity contribution in [2.24, 2.45) is 0 Å². The molecule has 0 saturated carbocycles. The van der Waals surface area contributed by atoms with Crippen molar-refractivity contribution in [3.05, 3.63) is 66.4 Å². The fourth-order valence-electron chi connectivity index (χ4n) is 2.58. The molecular formula is C19H21N3O. The smallest absolute Gasteiger partial charge is 0.0650 e. The third-order valence-corrected chi connectivity index (χ3v) is 3.78. The van der Waals surface area contributed by atoms with Gasteiger partial charge in [-0.3, -0.25) is 5.10 Å². The van der Waals surface area contributed by atoms with Crippen molar-refractivity contribution in [1.82, 2.24) is 15.5 Å². The molecule has 1 aromatic heterocycles. The highest BCUT2D eigenvalue weighted by atomic mass is 16.3. The van der Waals surface area contributed by atoms with Gasteiger partial charge in [0.25, 0.3) is 0 Å². The molecule has 0 aliphatic carbocycles. The van der Waals surface area contributed by atoms with Crippen LogP contribution in [0.1, 0.15) is 12.0 Å². The van der Waals surface area contributed by atoms with Crippen molar-refractivity contribution < 1.29 is 5.11 Å². The Kier molecular flexibility index (Phi) is 5.19. The van der Waals surface area contributed by atoms with Crippen LogP contribution in [0.5, 0.6) is 0 Å². The van der Waals surface area contributed by atoms with Crippen molar-refractivity contribution in [3.8, 4) is 22.4 Å². The number of aliphatic hydroxyl groups is 1. The molecule has 4 heteroatoms. The molecule has 0 aliphatic rings. The van der Waals surface area contributed by atoms with Crippen molar-refractivity contribution in [2.45, 2.75) is 13.0 Å². The molecule has 3 rings (SSSR count). The predicted octanol–water partition coefficient (Wildman–Crippen LogP) is 3.22. The highest BCUT2D eigenvalue weighted by Crippen LogP contribution is 2.25. The third kappa shape index (κ3) is 4.06. The minimum atomic E-state index is 0.230. The van der Waals surface area contributed by atoms with E-state index in [-0.39, 0.29) is 6.61 Å². The normalized spacial score (nSPS) is 10.8. The van der Waals surface area contributed by atoms with Gasteiger partial charge in [0, 0.05) is 24.9 Å². The van der Waals surface area contributed by atoms with E-state index < -0.39 is 0 Å². The van der Waals surface area contributed by atoms with E-state index in [1.807, 2.05) is 6.07 Å². The first-order valence-corrected chi connectivity index (χ1v) is 7.87. The molecule has 0 unspecified atom stereocenters. The third-order valence-electron chi connectivity index (χ3n) is 3.78. The monoisotopic (exact) mass is 307 g/mol. The Morgan fingerprint density at radius 2 is 1.74 bits per heavy atom. The Labute approximate surface area is 136 Å². The highest BCUT2D eigenvalue weighted by Gasteiger charge is 2.03. The molecule has 0 atom stereocenters. The molecule has 118 valence electrons. The number of aromatic nitrogens is 2. The van der Waals surface area contributed by atoms with E-state index in [1.165, 1.54) is 16.7 Å². The minimum Gasteiger partial charge on any atom is -0.396 e. The number of nitrogens with zero attached hydrogens (tertiary/aromatic N) is 1. The fourth-order valence-corrected chi connectivity index (χ4v) is 2.58. The van der Waals surface area contributed by atoms with Crippen LogP contribution in [0.3, 0.4) is 0 Å². The number of rotatable bonds is 7. The molecule has 2 aromatic carbocycles. The number of nitrogens with one attached hydrogen (secondary N) is 2. The largest absolute Gasteiger partial charge is 0.396 e. The lowest BCUT2D eigenvalue weighted by atomic mass is 10.00. The molecule has 0 aliphatic heterocycles. The second kappa shape index (κ2) is 7.72. The SMILES string of the molecule is OCCCNCc1cccc(-c2cccc(-c3ccn[nH]3)c2)c1. The second-order valence-electron chi connectivity index (χ2n) is 5.51. The first-order valence-electron chi connectivity index (χ1n) is 7.87. The Balaban J connectivity index is 1.78. The summed E-state index contributed by atoms with van der Waals surface area (Å²) in [6.07, 6.45) is 2.55. The lowest BCUT2D eigenvalue weighted by Crippen LogP contribution is -2.15. The van der Waals surface area contributed by atoms with Crippen LogP contribution in [0.2, 0.25) is 0 Å². The van der Waals surface area contributed by atoms with Gasteiger partial charge in [0.15, 0.2) is 0 Å². The van der Waals surface area contributed by atoms with Gasteiger partial charge in [-0.15, -0.1) is 0 Å². The molecule has 4 nitrogen and oxygen atoms in total. The quantitative estimate of drug-likeness (QED) is 0.587. The average Bonchev–Trinajstić information content (AvgIpc) is 3.14. The van der Waals surface area contributed by atoms with Gasteiger partial charge in [-0.2, -0.15) is 5.10 Å². The summed E-state index contributed by atoms with van der Waals surface area (Å²) in [4.78, 5) is 0. The van der Waals surface area contributed by atoms with Crippen LogP contribution < -0.4 is 5.32 Å². The fraction of sp³-hybridized carbons (Fsp3) is 0.211. The summed E-state index contributed by atoms with van der Waals surface area (Å²) in [6.45, 7) is 1.87. The zero-order chi connectivity index (χ0) is 15.9. The van der Waals surface area contributed by atoms with E-state index in [0.717, 1.165) is 30.8 Å². The van der Waals surface area contributed by atoms with E-state index in [2.05, 4.69) is 64.0 Å². The maximum atomic E-state index is 8.81. The summed E-state index contributed by atoms with van der Waals surface area (Å²) >= 11 is 0. The number of aliphatic hydroxyl groups excluding tert-OH is 1. The van der Waals surface area contributed by atoms with E-state index >= 15 is 0 Å². The summed E-state index contributed by atoms with van der Waals surface area (Å²) < 4.78 is 0. The second-order valence-corrected chi connectivity index (χ2v) is 5.51. The van der Waals surface area contributed by atoms with Gasteiger partial charge in [-0.05, 0) is 47.9 Å². The Hall–Kier alpha value is -2.43. The van der Waals surface area contributed by atoms with Gasteiger partial charge < -0.3 is 10.4 Å². The zero-order valence-corrected chi connectivity index (χ0v) is 13.0. The number of benzene rings is 2. The molecular weight excluding hydrogens is 286 g/mol. The van der Waals surface area contributed by atoms with E-state index in [9.17, 15) is 0 Å². The van der Waals surface area contributed by atoms with E-state index in [1.54, 1.807) is 6.20 Å². The van der Waals surface area contributed by atoms with Gasteiger partial charge in [0.05, 0.1) is 5.69 Å². The summed E-state index contributed by atoms with van der Waals surface area (Å²) in [5.74, 6) is 0. The minimum absolute atomic E-state index is 0.230. The van der Waals surface area contributed by atoms with Crippen LogP contribution in [-0.4, -0.2) is 28.5 Å². The molecule has 1 heterocycles. The van der Waals surface area contributed by atoms with E-state index in [4.69, 9.17) is 5.11 Å². The summed E-state index contributed by atoms with van der Waals surface area (Å²) in [5, 5.41) is 19.2. The molecule has 23 heavy (non-hydrogen) atoms. The number of H-pyrrole nitrogens is 1. The lowest BCUT2D eigenvalue weighted by Gasteiger charge is -2.08.